The minimum absolute atomic E-state index is 0.00830. The molecular formula is C24H21FN6O4S. The van der Waals surface area contributed by atoms with Gasteiger partial charge >= 0.3 is 0 Å². The first kappa shape index (κ1) is 23.5. The lowest BCUT2D eigenvalue weighted by atomic mass is 9.97. The van der Waals surface area contributed by atoms with Gasteiger partial charge in [-0.1, -0.05) is 12.1 Å². The van der Waals surface area contributed by atoms with Crippen LogP contribution < -0.4 is 10.9 Å². The fourth-order valence-electron chi connectivity index (χ4n) is 4.02. The van der Waals surface area contributed by atoms with Crippen LogP contribution in [0.1, 0.15) is 50.2 Å². The molecule has 2 N–H and O–H groups in total. The molecule has 0 aliphatic carbocycles. The van der Waals surface area contributed by atoms with Crippen molar-refractivity contribution in [2.24, 2.45) is 0 Å². The topological polar surface area (TPSA) is 130 Å². The molecule has 3 amide bonds. The Balaban J connectivity index is 1.11. The molecule has 10 nitrogen and oxygen atoms in total. The Kier molecular flexibility index (Phi) is 6.67. The van der Waals surface area contributed by atoms with Crippen molar-refractivity contribution in [1.29, 1.82) is 0 Å². The molecule has 1 aliphatic rings. The standard InChI is InChI=1S/C24H21FN6O4S/c25-17-4-1-14(2-5-17)11-21(32)31-9-7-15(8-10-31)24-26-20(13-36-24)23(34)28-27-22(33)16-3-6-18-19(12-16)30-35-29-18/h1-6,12-13,15H,7-11H2,(H,27,33)(H,28,34). The van der Waals surface area contributed by atoms with E-state index in [0.717, 1.165) is 23.4 Å². The van der Waals surface area contributed by atoms with E-state index in [4.69, 9.17) is 0 Å². The van der Waals surface area contributed by atoms with Crippen LogP contribution in [0, 0.1) is 5.82 Å². The van der Waals surface area contributed by atoms with Gasteiger partial charge in [-0.2, -0.15) is 0 Å². The van der Waals surface area contributed by atoms with Crippen molar-refractivity contribution >= 4 is 40.1 Å². The second-order valence-corrected chi connectivity index (χ2v) is 9.29. The quantitative estimate of drug-likeness (QED) is 0.397. The predicted molar refractivity (Wildman–Crippen MR) is 128 cm³/mol. The summed E-state index contributed by atoms with van der Waals surface area (Å²) >= 11 is 1.38. The Morgan fingerprint density at radius 3 is 2.50 bits per heavy atom. The summed E-state index contributed by atoms with van der Waals surface area (Å²) in [5, 5.41) is 9.84. The van der Waals surface area contributed by atoms with Crippen LogP contribution in [0.3, 0.4) is 0 Å². The number of likely N-dealkylation sites (tertiary alicyclic amines) is 1. The molecule has 0 spiro atoms. The number of carbonyl (C=O) groups excluding carboxylic acids is 3. The van der Waals surface area contributed by atoms with Crippen molar-refractivity contribution in [3.8, 4) is 0 Å². The molecular weight excluding hydrogens is 487 g/mol. The molecule has 2 aromatic carbocycles. The van der Waals surface area contributed by atoms with E-state index in [1.165, 1.54) is 29.5 Å². The number of fused-ring (bicyclic) bond motifs is 1. The minimum Gasteiger partial charge on any atom is -0.342 e. The zero-order chi connectivity index (χ0) is 25.1. The average molecular weight is 509 g/mol. The Morgan fingerprint density at radius 1 is 1.00 bits per heavy atom. The normalized spacial score (nSPS) is 14.1. The molecule has 4 aromatic rings. The van der Waals surface area contributed by atoms with Crippen molar-refractivity contribution in [2.75, 3.05) is 13.1 Å². The summed E-state index contributed by atoms with van der Waals surface area (Å²) in [6, 6.07) is 10.6. The van der Waals surface area contributed by atoms with Gasteiger partial charge in [-0.05, 0) is 59.1 Å². The largest absolute Gasteiger partial charge is 0.342 e. The molecule has 36 heavy (non-hydrogen) atoms. The maximum Gasteiger partial charge on any atom is 0.289 e. The highest BCUT2D eigenvalue weighted by atomic mass is 32.1. The van der Waals surface area contributed by atoms with Gasteiger partial charge in [0.15, 0.2) is 0 Å². The fourth-order valence-corrected chi connectivity index (χ4v) is 4.99. The van der Waals surface area contributed by atoms with Crippen molar-refractivity contribution in [2.45, 2.75) is 25.2 Å². The summed E-state index contributed by atoms with van der Waals surface area (Å²) in [5.74, 6) is -1.21. The number of nitrogens with one attached hydrogen (secondary N) is 2. The van der Waals surface area contributed by atoms with Gasteiger partial charge in [-0.15, -0.1) is 11.3 Å². The van der Waals surface area contributed by atoms with Crippen molar-refractivity contribution in [1.82, 2.24) is 31.0 Å². The molecule has 184 valence electrons. The van der Waals surface area contributed by atoms with Gasteiger partial charge in [0.25, 0.3) is 11.8 Å². The lowest BCUT2D eigenvalue weighted by Crippen LogP contribution is -2.41. The summed E-state index contributed by atoms with van der Waals surface area (Å²) in [6.45, 7) is 1.18. The first-order chi connectivity index (χ1) is 17.5. The molecule has 0 bridgehead atoms. The predicted octanol–water partition coefficient (Wildman–Crippen LogP) is 2.84. The van der Waals surface area contributed by atoms with E-state index in [1.54, 1.807) is 29.6 Å². The van der Waals surface area contributed by atoms with Crippen LogP contribution in [-0.4, -0.2) is 51.0 Å². The Labute approximate surface area is 208 Å². The van der Waals surface area contributed by atoms with Crippen LogP contribution in [0.2, 0.25) is 0 Å². The third-order valence-electron chi connectivity index (χ3n) is 6.03. The smallest absolute Gasteiger partial charge is 0.289 e. The van der Waals surface area contributed by atoms with Crippen LogP contribution in [0.4, 0.5) is 4.39 Å². The van der Waals surface area contributed by atoms with Crippen LogP contribution in [0.15, 0.2) is 52.5 Å². The van der Waals surface area contributed by atoms with Crippen molar-refractivity contribution in [3.05, 3.63) is 75.5 Å². The molecule has 5 rings (SSSR count). The number of piperidine rings is 1. The molecule has 1 aliphatic heterocycles. The van der Waals surface area contributed by atoms with E-state index in [0.29, 0.717) is 29.7 Å². The first-order valence-electron chi connectivity index (χ1n) is 11.3. The average Bonchev–Trinajstić information content (AvgIpc) is 3.58. The molecule has 0 radical (unpaired) electrons. The second-order valence-electron chi connectivity index (χ2n) is 8.41. The number of nitrogens with zero attached hydrogens (tertiary/aromatic N) is 4. The SMILES string of the molecule is O=C(NNC(=O)c1csc(C2CCN(C(=O)Cc3ccc(F)cc3)CC2)n1)c1ccc2nonc2c1. The molecule has 1 fully saturated rings. The zero-order valence-corrected chi connectivity index (χ0v) is 19.8. The molecule has 12 heteroatoms. The zero-order valence-electron chi connectivity index (χ0n) is 18.9. The van der Waals surface area contributed by atoms with E-state index in [2.05, 4.69) is 30.8 Å². The first-order valence-corrected chi connectivity index (χ1v) is 12.1. The third kappa shape index (κ3) is 5.23. The highest BCUT2D eigenvalue weighted by molar-refractivity contribution is 7.09. The summed E-state index contributed by atoms with van der Waals surface area (Å²) in [5.41, 5.74) is 6.97. The van der Waals surface area contributed by atoms with E-state index >= 15 is 0 Å². The van der Waals surface area contributed by atoms with E-state index in [9.17, 15) is 18.8 Å². The van der Waals surface area contributed by atoms with Crippen LogP contribution in [0.25, 0.3) is 11.0 Å². The number of hydrazine groups is 1. The van der Waals surface area contributed by atoms with Crippen molar-refractivity contribution in [3.63, 3.8) is 0 Å². The fraction of sp³-hybridized carbons (Fsp3) is 0.250. The lowest BCUT2D eigenvalue weighted by molar-refractivity contribution is -0.131. The highest BCUT2D eigenvalue weighted by Crippen LogP contribution is 2.30. The molecule has 0 atom stereocenters. The maximum atomic E-state index is 13.1. The Bertz CT molecular complexity index is 1410. The number of halogens is 1. The van der Waals surface area contributed by atoms with Gasteiger partial charge in [-0.3, -0.25) is 25.2 Å². The van der Waals surface area contributed by atoms with Gasteiger partial charge in [0, 0.05) is 30.0 Å². The molecule has 2 aromatic heterocycles. The highest BCUT2D eigenvalue weighted by Gasteiger charge is 2.26. The summed E-state index contributed by atoms with van der Waals surface area (Å²) < 4.78 is 17.7. The molecule has 0 saturated carbocycles. The van der Waals surface area contributed by atoms with E-state index < -0.39 is 11.8 Å². The van der Waals surface area contributed by atoms with Crippen LogP contribution in [0.5, 0.6) is 0 Å². The number of carbonyl (C=O) groups is 3. The number of hydrogen-bond donors (Lipinski definition) is 2. The van der Waals surface area contributed by atoms with E-state index in [1.807, 2.05) is 4.90 Å². The number of rotatable bonds is 5. The number of amides is 3. The lowest BCUT2D eigenvalue weighted by Gasteiger charge is -2.31. The maximum absolute atomic E-state index is 13.1. The number of aromatic nitrogens is 3. The number of thiazole rings is 1. The van der Waals surface area contributed by atoms with Crippen molar-refractivity contribution < 1.29 is 23.4 Å². The van der Waals surface area contributed by atoms with Gasteiger partial charge < -0.3 is 4.90 Å². The molecule has 3 heterocycles. The van der Waals surface area contributed by atoms with Crippen LogP contribution in [-0.2, 0) is 11.2 Å². The second kappa shape index (κ2) is 10.2. The van der Waals surface area contributed by atoms with Gasteiger partial charge in [0.05, 0.1) is 11.4 Å². The number of hydrogen-bond acceptors (Lipinski definition) is 8. The monoisotopic (exact) mass is 508 g/mol. The minimum atomic E-state index is -0.526. The summed E-state index contributed by atoms with van der Waals surface area (Å²) in [6.07, 6.45) is 1.71. The van der Waals surface area contributed by atoms with E-state index in [-0.39, 0.29) is 29.8 Å². The Morgan fingerprint density at radius 2 is 1.72 bits per heavy atom. The molecule has 0 unspecified atom stereocenters. The van der Waals surface area contributed by atoms with Gasteiger partial charge in [-0.25, -0.2) is 14.0 Å². The summed E-state index contributed by atoms with van der Waals surface area (Å²) in [4.78, 5) is 43.7. The molecule has 1 saturated heterocycles. The van der Waals surface area contributed by atoms with Crippen LogP contribution >= 0.6 is 11.3 Å². The third-order valence-corrected chi connectivity index (χ3v) is 7.03. The van der Waals surface area contributed by atoms with Gasteiger partial charge in [0.2, 0.25) is 5.91 Å². The number of benzene rings is 2. The van der Waals surface area contributed by atoms with Gasteiger partial charge in [0.1, 0.15) is 22.5 Å². The summed E-state index contributed by atoms with van der Waals surface area (Å²) in [7, 11) is 0. The Hall–Kier alpha value is -4.19.